The summed E-state index contributed by atoms with van der Waals surface area (Å²) in [5.74, 6) is 0. The lowest BCUT2D eigenvalue weighted by atomic mass is 10.1. The smallest absolute Gasteiger partial charge is 0.110 e. The number of benzene rings is 1. The highest BCUT2D eigenvalue weighted by atomic mass is 79.9. The highest BCUT2D eigenvalue weighted by molar-refractivity contribution is 9.10. The maximum atomic E-state index is 4.63. The highest BCUT2D eigenvalue weighted by Crippen LogP contribution is 2.24. The molecule has 1 nitrogen and oxygen atoms in total. The van der Waals surface area contributed by atoms with E-state index in [1.807, 2.05) is 0 Å². The van der Waals surface area contributed by atoms with Crippen molar-refractivity contribution < 1.29 is 0 Å². The van der Waals surface area contributed by atoms with Crippen LogP contribution < -0.4 is 0 Å². The molecular formula is C13H14BrN. The molecule has 0 aliphatic rings. The van der Waals surface area contributed by atoms with E-state index >= 15 is 0 Å². The fourth-order valence-corrected chi connectivity index (χ4v) is 2.39. The van der Waals surface area contributed by atoms with Crippen molar-refractivity contribution in [2.75, 3.05) is 0 Å². The van der Waals surface area contributed by atoms with Gasteiger partial charge in [0.2, 0.25) is 0 Å². The van der Waals surface area contributed by atoms with Gasteiger partial charge < -0.3 is 0 Å². The molecule has 0 spiro atoms. The Balaban J connectivity index is 2.74. The van der Waals surface area contributed by atoms with Gasteiger partial charge in [-0.3, -0.25) is 0 Å². The molecule has 0 aliphatic carbocycles. The van der Waals surface area contributed by atoms with Crippen LogP contribution in [0.25, 0.3) is 10.9 Å². The Morgan fingerprint density at radius 1 is 1.13 bits per heavy atom. The molecule has 0 saturated carbocycles. The number of hydrogen-bond acceptors (Lipinski definition) is 1. The zero-order valence-electron chi connectivity index (χ0n) is 9.05. The van der Waals surface area contributed by atoms with Crippen LogP contribution in [0.15, 0.2) is 28.9 Å². The first-order chi connectivity index (χ1) is 7.26. The Kier molecular flexibility index (Phi) is 3.06. The third kappa shape index (κ3) is 1.91. The molecule has 0 atom stereocenters. The summed E-state index contributed by atoms with van der Waals surface area (Å²) in [5.41, 5.74) is 3.72. The Bertz CT molecular complexity index is 491. The van der Waals surface area contributed by atoms with Gasteiger partial charge in [0, 0.05) is 5.39 Å². The number of aromatic nitrogens is 1. The number of fused-ring (bicyclic) bond motifs is 1. The highest BCUT2D eigenvalue weighted by Gasteiger charge is 2.05. The molecule has 1 heterocycles. The van der Waals surface area contributed by atoms with Gasteiger partial charge in [-0.15, -0.1) is 0 Å². The van der Waals surface area contributed by atoms with Crippen molar-refractivity contribution >= 4 is 26.8 Å². The molecule has 2 heteroatoms. The number of para-hydroxylation sites is 1. The van der Waals surface area contributed by atoms with Gasteiger partial charge in [-0.05, 0) is 46.0 Å². The first kappa shape index (κ1) is 10.6. The normalized spacial score (nSPS) is 10.9. The Morgan fingerprint density at radius 3 is 2.53 bits per heavy atom. The first-order valence-corrected chi connectivity index (χ1v) is 6.12. The van der Waals surface area contributed by atoms with E-state index in [0.29, 0.717) is 0 Å². The molecule has 0 unspecified atom stereocenters. The van der Waals surface area contributed by atoms with Crippen LogP contribution in [0.1, 0.15) is 25.0 Å². The van der Waals surface area contributed by atoms with Gasteiger partial charge in [0.05, 0.1) is 5.52 Å². The quantitative estimate of drug-likeness (QED) is 0.743. The van der Waals surface area contributed by atoms with Gasteiger partial charge in [-0.1, -0.05) is 32.0 Å². The monoisotopic (exact) mass is 263 g/mol. The maximum absolute atomic E-state index is 4.63. The van der Waals surface area contributed by atoms with E-state index in [9.17, 15) is 0 Å². The van der Waals surface area contributed by atoms with Gasteiger partial charge in [0.25, 0.3) is 0 Å². The van der Waals surface area contributed by atoms with E-state index in [-0.39, 0.29) is 0 Å². The van der Waals surface area contributed by atoms with Crippen molar-refractivity contribution in [3.63, 3.8) is 0 Å². The van der Waals surface area contributed by atoms with Crippen LogP contribution in [0.4, 0.5) is 0 Å². The standard InChI is InChI=1S/C13H14BrN/c1-3-9-6-5-7-11-8-10(4-2)13(14)15-12(9)11/h5-8H,3-4H2,1-2H3. The fourth-order valence-electron chi connectivity index (χ4n) is 1.81. The minimum absolute atomic E-state index is 0.985. The van der Waals surface area contributed by atoms with E-state index in [2.05, 4.69) is 59.0 Å². The lowest BCUT2D eigenvalue weighted by Gasteiger charge is -2.07. The van der Waals surface area contributed by atoms with Crippen molar-refractivity contribution in [2.24, 2.45) is 0 Å². The summed E-state index contributed by atoms with van der Waals surface area (Å²) in [7, 11) is 0. The predicted octanol–water partition coefficient (Wildman–Crippen LogP) is 4.12. The molecule has 0 fully saturated rings. The Labute approximate surface area is 98.7 Å². The molecule has 78 valence electrons. The number of pyridine rings is 1. The second kappa shape index (κ2) is 4.31. The largest absolute Gasteiger partial charge is 0.240 e. The van der Waals surface area contributed by atoms with Crippen molar-refractivity contribution in [2.45, 2.75) is 26.7 Å². The third-order valence-corrected chi connectivity index (χ3v) is 3.40. The molecule has 0 N–H and O–H groups in total. The third-order valence-electron chi connectivity index (χ3n) is 2.72. The van der Waals surface area contributed by atoms with Gasteiger partial charge in [-0.25, -0.2) is 4.98 Å². The van der Waals surface area contributed by atoms with E-state index in [1.165, 1.54) is 16.5 Å². The molecule has 0 radical (unpaired) electrons. The van der Waals surface area contributed by atoms with E-state index in [1.54, 1.807) is 0 Å². The van der Waals surface area contributed by atoms with Crippen LogP contribution >= 0.6 is 15.9 Å². The van der Waals surface area contributed by atoms with Crippen LogP contribution in [0.5, 0.6) is 0 Å². The minimum atomic E-state index is 0.985. The summed E-state index contributed by atoms with van der Waals surface area (Å²) in [5, 5.41) is 1.24. The molecule has 0 amide bonds. The SMILES string of the molecule is CCc1cc2cccc(CC)c2nc1Br. The van der Waals surface area contributed by atoms with E-state index < -0.39 is 0 Å². The average Bonchev–Trinajstić information content (AvgIpc) is 2.27. The molecule has 2 rings (SSSR count). The second-order valence-electron chi connectivity index (χ2n) is 3.63. The van der Waals surface area contributed by atoms with Gasteiger partial charge in [0.1, 0.15) is 4.60 Å². The average molecular weight is 264 g/mol. The number of nitrogens with zero attached hydrogens (tertiary/aromatic N) is 1. The molecule has 15 heavy (non-hydrogen) atoms. The Morgan fingerprint density at radius 2 is 1.87 bits per heavy atom. The summed E-state index contributed by atoms with van der Waals surface area (Å²) < 4.78 is 0.985. The zero-order chi connectivity index (χ0) is 10.8. The van der Waals surface area contributed by atoms with Crippen molar-refractivity contribution in [1.82, 2.24) is 4.98 Å². The van der Waals surface area contributed by atoms with Gasteiger partial charge in [-0.2, -0.15) is 0 Å². The van der Waals surface area contributed by atoms with Gasteiger partial charge >= 0.3 is 0 Å². The molecule has 0 aliphatic heterocycles. The molecule has 1 aromatic carbocycles. The Hall–Kier alpha value is -0.890. The van der Waals surface area contributed by atoms with Crippen molar-refractivity contribution in [1.29, 1.82) is 0 Å². The number of hydrogen-bond donors (Lipinski definition) is 0. The molecule has 1 aromatic heterocycles. The van der Waals surface area contributed by atoms with E-state index in [0.717, 1.165) is 23.0 Å². The molecule has 2 aromatic rings. The summed E-state index contributed by atoms with van der Waals surface area (Å²) in [4.78, 5) is 4.63. The number of aryl methyl sites for hydroxylation is 2. The van der Waals surface area contributed by atoms with Crippen LogP contribution in [0.2, 0.25) is 0 Å². The predicted molar refractivity (Wildman–Crippen MR) is 68.2 cm³/mol. The molecule has 0 bridgehead atoms. The minimum Gasteiger partial charge on any atom is -0.240 e. The first-order valence-electron chi connectivity index (χ1n) is 5.33. The summed E-state index contributed by atoms with van der Waals surface area (Å²) in [6.45, 7) is 4.31. The number of halogens is 1. The lowest BCUT2D eigenvalue weighted by Crippen LogP contribution is -1.92. The van der Waals surface area contributed by atoms with Crippen LogP contribution in [0, 0.1) is 0 Å². The lowest BCUT2D eigenvalue weighted by molar-refractivity contribution is 1.08. The summed E-state index contributed by atoms with van der Waals surface area (Å²) in [6.07, 6.45) is 2.04. The second-order valence-corrected chi connectivity index (χ2v) is 4.39. The van der Waals surface area contributed by atoms with E-state index in [4.69, 9.17) is 0 Å². The van der Waals surface area contributed by atoms with Crippen LogP contribution in [-0.4, -0.2) is 4.98 Å². The van der Waals surface area contributed by atoms with Gasteiger partial charge in [0.15, 0.2) is 0 Å². The van der Waals surface area contributed by atoms with Crippen molar-refractivity contribution in [3.05, 3.63) is 40.0 Å². The topological polar surface area (TPSA) is 12.9 Å². The zero-order valence-corrected chi connectivity index (χ0v) is 10.6. The molecule has 0 saturated heterocycles. The van der Waals surface area contributed by atoms with Crippen LogP contribution in [-0.2, 0) is 12.8 Å². The fraction of sp³-hybridized carbons (Fsp3) is 0.308. The molecular weight excluding hydrogens is 250 g/mol. The summed E-state index contributed by atoms with van der Waals surface area (Å²) >= 11 is 3.53. The summed E-state index contributed by atoms with van der Waals surface area (Å²) in [6, 6.07) is 8.61. The van der Waals surface area contributed by atoms with Crippen LogP contribution in [0.3, 0.4) is 0 Å². The number of rotatable bonds is 2. The maximum Gasteiger partial charge on any atom is 0.110 e. The van der Waals surface area contributed by atoms with Crippen molar-refractivity contribution in [3.8, 4) is 0 Å².